The van der Waals surface area contributed by atoms with E-state index in [0.29, 0.717) is 0 Å². The van der Waals surface area contributed by atoms with Gasteiger partial charge in [-0.25, -0.2) is 4.79 Å². The summed E-state index contributed by atoms with van der Waals surface area (Å²) in [4.78, 5) is 34.8. The maximum atomic E-state index is 11.7. The first kappa shape index (κ1) is 20.7. The van der Waals surface area contributed by atoms with E-state index in [2.05, 4.69) is 0 Å². The minimum Gasteiger partial charge on any atom is -0.465 e. The molecule has 0 aromatic carbocycles. The molecular weight excluding hydrogens is 310 g/mol. The van der Waals surface area contributed by atoms with Gasteiger partial charge in [-0.15, -0.1) is 0 Å². The molecule has 0 unspecified atom stereocenters. The van der Waals surface area contributed by atoms with E-state index in [1.54, 1.807) is 41.5 Å². The molecule has 0 aliphatic heterocycles. The molecule has 22 heavy (non-hydrogen) atoms. The van der Waals surface area contributed by atoms with Crippen molar-refractivity contribution in [1.29, 1.82) is 0 Å². The van der Waals surface area contributed by atoms with Gasteiger partial charge < -0.3 is 19.9 Å². The molecule has 7 nitrogen and oxygen atoms in total. The molecule has 0 aromatic heterocycles. The summed E-state index contributed by atoms with van der Waals surface area (Å²) in [5.41, 5.74) is 5.10. The molecule has 0 spiro atoms. The second-order valence-electron chi connectivity index (χ2n) is 6.13. The van der Waals surface area contributed by atoms with Crippen molar-refractivity contribution in [2.75, 3.05) is 13.4 Å². The molecule has 128 valence electrons. The zero-order valence-corrected chi connectivity index (χ0v) is 14.7. The fraction of sp³-hybridized carbons (Fsp3) is 0.786. The lowest BCUT2D eigenvalue weighted by molar-refractivity contribution is -0.160. The van der Waals surface area contributed by atoms with Crippen LogP contribution in [0.2, 0.25) is 0 Å². The summed E-state index contributed by atoms with van der Waals surface area (Å²) >= 11 is 0.745. The lowest BCUT2D eigenvalue weighted by atomic mass is 9.98. The van der Waals surface area contributed by atoms with Gasteiger partial charge >= 0.3 is 17.2 Å². The van der Waals surface area contributed by atoms with E-state index in [9.17, 15) is 14.4 Å². The van der Waals surface area contributed by atoms with Crippen LogP contribution in [0.15, 0.2) is 0 Å². The number of rotatable bonds is 6. The van der Waals surface area contributed by atoms with Gasteiger partial charge in [0.05, 0.1) is 12.0 Å². The third-order valence-corrected chi connectivity index (χ3v) is 3.68. The fourth-order valence-corrected chi connectivity index (χ4v) is 1.93. The SMILES string of the molecule is CCOC(=O)[C@H](N)C(C)(C)SC(=O)OCOC(=O)C(C)(C)C. The summed E-state index contributed by atoms with van der Waals surface area (Å²) in [5.74, 6) is -1.07. The van der Waals surface area contributed by atoms with Crippen molar-refractivity contribution in [2.24, 2.45) is 11.1 Å². The highest BCUT2D eigenvalue weighted by Crippen LogP contribution is 2.29. The number of thioether (sulfide) groups is 1. The Labute approximate surface area is 135 Å². The van der Waals surface area contributed by atoms with Gasteiger partial charge in [-0.05, 0) is 53.3 Å². The molecule has 0 bridgehead atoms. The molecule has 0 radical (unpaired) electrons. The Morgan fingerprint density at radius 1 is 1.05 bits per heavy atom. The Bertz CT molecular complexity index is 416. The van der Waals surface area contributed by atoms with Crippen molar-refractivity contribution in [3.63, 3.8) is 0 Å². The number of hydrogen-bond donors (Lipinski definition) is 1. The third-order valence-electron chi connectivity index (χ3n) is 2.62. The second-order valence-corrected chi connectivity index (χ2v) is 7.72. The predicted molar refractivity (Wildman–Crippen MR) is 83.2 cm³/mol. The summed E-state index contributed by atoms with van der Waals surface area (Å²) in [6, 6.07) is -0.984. The molecule has 0 aliphatic carbocycles. The van der Waals surface area contributed by atoms with E-state index in [1.165, 1.54) is 0 Å². The van der Waals surface area contributed by atoms with Gasteiger partial charge in [0, 0.05) is 4.75 Å². The zero-order valence-electron chi connectivity index (χ0n) is 13.9. The summed E-state index contributed by atoms with van der Waals surface area (Å²) in [6.45, 7) is 9.72. The van der Waals surface area contributed by atoms with Crippen molar-refractivity contribution in [3.8, 4) is 0 Å². The number of nitrogens with two attached hydrogens (primary N) is 1. The highest BCUT2D eigenvalue weighted by molar-refractivity contribution is 8.14. The predicted octanol–water partition coefficient (Wildman–Crippen LogP) is 2.07. The molecule has 0 heterocycles. The molecule has 1 atom stereocenters. The molecule has 0 amide bonds. The molecule has 0 rings (SSSR count). The van der Waals surface area contributed by atoms with E-state index in [1.807, 2.05) is 0 Å². The van der Waals surface area contributed by atoms with E-state index >= 15 is 0 Å². The topological polar surface area (TPSA) is 105 Å². The molecule has 0 aliphatic rings. The third kappa shape index (κ3) is 7.13. The van der Waals surface area contributed by atoms with Gasteiger partial charge in [0.2, 0.25) is 6.79 Å². The summed E-state index contributed by atoms with van der Waals surface area (Å²) in [5, 5.41) is -0.688. The van der Waals surface area contributed by atoms with Crippen molar-refractivity contribution in [3.05, 3.63) is 0 Å². The Kier molecular flexibility index (Phi) is 7.89. The van der Waals surface area contributed by atoms with E-state index in [4.69, 9.17) is 19.9 Å². The van der Waals surface area contributed by atoms with E-state index in [0.717, 1.165) is 11.8 Å². The molecule has 0 saturated carbocycles. The standard InChI is InChI=1S/C14H25NO6S/c1-7-19-10(16)9(15)14(5,6)22-12(18)21-8-20-11(17)13(2,3)4/h9H,7-8,15H2,1-6H3/t9-/m0/s1. The first-order valence-corrected chi connectivity index (χ1v) is 7.68. The highest BCUT2D eigenvalue weighted by atomic mass is 32.2. The van der Waals surface area contributed by atoms with Gasteiger partial charge in [-0.3, -0.25) is 9.59 Å². The van der Waals surface area contributed by atoms with Crippen LogP contribution in [0.25, 0.3) is 0 Å². The van der Waals surface area contributed by atoms with Gasteiger partial charge in [-0.1, -0.05) is 0 Å². The summed E-state index contributed by atoms with van der Waals surface area (Å²) in [6.07, 6.45) is 0. The zero-order chi connectivity index (χ0) is 17.6. The first-order chi connectivity index (χ1) is 9.91. The van der Waals surface area contributed by atoms with Gasteiger partial charge in [0.25, 0.3) is 0 Å². The Balaban J connectivity index is 4.35. The number of carbonyl (C=O) groups is 3. The smallest absolute Gasteiger partial charge is 0.370 e. The van der Waals surface area contributed by atoms with Gasteiger partial charge in [0.1, 0.15) is 6.04 Å². The maximum absolute atomic E-state index is 11.7. The Morgan fingerprint density at radius 2 is 1.59 bits per heavy atom. The molecule has 0 aromatic rings. The fourth-order valence-electron chi connectivity index (χ4n) is 1.17. The van der Waals surface area contributed by atoms with Crippen LogP contribution in [0, 0.1) is 5.41 Å². The lowest BCUT2D eigenvalue weighted by Crippen LogP contribution is -2.48. The average molecular weight is 335 g/mol. The average Bonchev–Trinajstić information content (AvgIpc) is 2.36. The van der Waals surface area contributed by atoms with Crippen molar-refractivity contribution in [2.45, 2.75) is 52.3 Å². The summed E-state index contributed by atoms with van der Waals surface area (Å²) in [7, 11) is 0. The Hall–Kier alpha value is -1.28. The largest absolute Gasteiger partial charge is 0.465 e. The normalized spacial score (nSPS) is 13.2. The minimum atomic E-state index is -0.984. The van der Waals surface area contributed by atoms with Crippen molar-refractivity contribution in [1.82, 2.24) is 0 Å². The van der Waals surface area contributed by atoms with Crippen LogP contribution in [0.3, 0.4) is 0 Å². The second kappa shape index (κ2) is 8.38. The lowest BCUT2D eigenvalue weighted by Gasteiger charge is -2.27. The molecule has 8 heteroatoms. The number of esters is 2. The molecule has 0 fully saturated rings. The van der Waals surface area contributed by atoms with E-state index < -0.39 is 40.2 Å². The first-order valence-electron chi connectivity index (χ1n) is 6.87. The quantitative estimate of drug-likeness (QED) is 0.581. The molecular formula is C14H25NO6S. The van der Waals surface area contributed by atoms with E-state index in [-0.39, 0.29) is 6.61 Å². The van der Waals surface area contributed by atoms with Gasteiger partial charge in [-0.2, -0.15) is 0 Å². The van der Waals surface area contributed by atoms with Crippen LogP contribution in [-0.4, -0.2) is 41.4 Å². The minimum absolute atomic E-state index is 0.209. The van der Waals surface area contributed by atoms with Crippen LogP contribution in [0.5, 0.6) is 0 Å². The van der Waals surface area contributed by atoms with Crippen molar-refractivity contribution < 1.29 is 28.6 Å². The van der Waals surface area contributed by atoms with Gasteiger partial charge in [0.15, 0.2) is 0 Å². The maximum Gasteiger partial charge on any atom is 0.370 e. The van der Waals surface area contributed by atoms with Crippen LogP contribution in [0.1, 0.15) is 41.5 Å². The molecule has 2 N–H and O–H groups in total. The monoisotopic (exact) mass is 335 g/mol. The number of hydrogen-bond acceptors (Lipinski definition) is 8. The Morgan fingerprint density at radius 3 is 2.05 bits per heavy atom. The number of ether oxygens (including phenoxy) is 3. The van der Waals surface area contributed by atoms with Crippen molar-refractivity contribution >= 4 is 29.0 Å². The van der Waals surface area contributed by atoms with Crippen LogP contribution in [0.4, 0.5) is 4.79 Å². The highest BCUT2D eigenvalue weighted by Gasteiger charge is 2.37. The summed E-state index contributed by atoms with van der Waals surface area (Å²) < 4.78 is 13.5. The molecule has 0 saturated heterocycles. The number of carbonyl (C=O) groups excluding carboxylic acids is 3. The van der Waals surface area contributed by atoms with Crippen LogP contribution in [-0.2, 0) is 23.8 Å². The van der Waals surface area contributed by atoms with Crippen LogP contribution >= 0.6 is 11.8 Å². The van der Waals surface area contributed by atoms with Crippen LogP contribution < -0.4 is 5.73 Å².